The zero-order valence-corrected chi connectivity index (χ0v) is 4.38. The Kier molecular flexibility index (Phi) is 144. The second kappa shape index (κ2) is 18.0. The van der Waals surface area contributed by atoms with Crippen LogP contribution in [0, 0.1) is 0 Å². The van der Waals surface area contributed by atoms with Gasteiger partial charge in [0.15, 0.2) is 0 Å². The molecule has 0 rings (SSSR count). The Morgan fingerprint density at radius 2 is 1.00 bits per heavy atom. The van der Waals surface area contributed by atoms with Crippen LogP contribution in [0.3, 0.4) is 0 Å². The molecule has 0 atom stereocenters. The quantitative estimate of drug-likeness (QED) is 0.401. The molecule has 0 saturated heterocycles. The summed E-state index contributed by atoms with van der Waals surface area (Å²) in [5, 5.41) is 0. The first kappa shape index (κ1) is 32.0. The third kappa shape index (κ3) is 8.83. The van der Waals surface area contributed by atoms with Gasteiger partial charge in [0.2, 0.25) is 0 Å². The van der Waals surface area contributed by atoms with Gasteiger partial charge in [0.1, 0.15) is 0 Å². The first-order valence-corrected chi connectivity index (χ1v) is 0. The van der Waals surface area contributed by atoms with Crippen LogP contribution in [0.1, 0.15) is 0 Å². The molecule has 0 aliphatic rings. The summed E-state index contributed by atoms with van der Waals surface area (Å²) in [5.74, 6) is 0. The summed E-state index contributed by atoms with van der Waals surface area (Å²) >= 11 is 0. The van der Waals surface area contributed by atoms with Gasteiger partial charge in [-0.1, -0.05) is 0 Å². The van der Waals surface area contributed by atoms with Crippen molar-refractivity contribution in [2.75, 3.05) is 0 Å². The SMILES string of the molecule is [Ag].[GaH3].[GeH4].[SeH2]. The van der Waals surface area contributed by atoms with Gasteiger partial charge in [-0.05, 0) is 0 Å². The fourth-order valence-corrected chi connectivity index (χ4v) is 0. The molecule has 0 amide bonds. The van der Waals surface area contributed by atoms with Gasteiger partial charge in [-0.15, -0.1) is 0 Å². The van der Waals surface area contributed by atoms with Crippen molar-refractivity contribution in [1.82, 2.24) is 0 Å². The van der Waals surface area contributed by atoms with E-state index in [0.29, 0.717) is 0 Å². The van der Waals surface area contributed by atoms with Crippen LogP contribution in [0.4, 0.5) is 0 Å². The fourth-order valence-electron chi connectivity index (χ4n) is 0. The Morgan fingerprint density at radius 1 is 1.00 bits per heavy atom. The van der Waals surface area contributed by atoms with Crippen molar-refractivity contribution in [3.8, 4) is 0 Å². The van der Waals surface area contributed by atoms with Crippen LogP contribution < -0.4 is 0 Å². The van der Waals surface area contributed by atoms with Gasteiger partial charge in [0.05, 0.1) is 0 Å². The molecule has 0 nitrogen and oxygen atoms in total. The molecule has 1 radical (unpaired) electrons. The minimum absolute atomic E-state index is 0. The van der Waals surface area contributed by atoms with Crippen LogP contribution >= 0.6 is 0 Å². The van der Waals surface area contributed by atoms with Gasteiger partial charge in [-0.25, -0.2) is 0 Å². The molecule has 0 aliphatic carbocycles. The van der Waals surface area contributed by atoms with E-state index in [0.717, 1.165) is 0 Å². The summed E-state index contributed by atoms with van der Waals surface area (Å²) < 4.78 is 0. The number of hydrogen-bond donors (Lipinski definition) is 0. The molecule has 0 aromatic heterocycles. The number of hydrogen-bond acceptors (Lipinski definition) is 0. The van der Waals surface area contributed by atoms with Crippen molar-refractivity contribution in [3.63, 3.8) is 0 Å². The summed E-state index contributed by atoms with van der Waals surface area (Å²) in [4.78, 5) is 0. The second-order valence-corrected chi connectivity index (χ2v) is 0. The Bertz CT molecular complexity index is 8.00. The molecule has 4 heteroatoms. The van der Waals surface area contributed by atoms with E-state index in [1.807, 2.05) is 0 Å². The molecule has 0 aliphatic heterocycles. The normalized spacial score (nSPS) is 0. The summed E-state index contributed by atoms with van der Waals surface area (Å²) in [7, 11) is 0. The molecule has 0 fully saturated rings. The first-order chi connectivity index (χ1) is 0. The van der Waals surface area contributed by atoms with E-state index < -0.39 is 0 Å². The molecule has 33 valence electrons. The third-order valence-electron chi connectivity index (χ3n) is 0. The van der Waals surface area contributed by atoms with Gasteiger partial charge >= 0.3 is 54.5 Å². The average Bonchev–Trinajstić information content (AvgIpc) is 0. The Morgan fingerprint density at radius 3 is 1.00 bits per heavy atom. The van der Waals surface area contributed by atoms with Crippen molar-refractivity contribution in [1.29, 1.82) is 0 Å². The molecule has 0 unspecified atom stereocenters. The molecule has 0 spiro atoms. The Balaban J connectivity index is 0. The summed E-state index contributed by atoms with van der Waals surface area (Å²) in [5.41, 5.74) is 0. The predicted molar refractivity (Wildman–Crippen MR) is 29.8 cm³/mol. The molecule has 0 bridgehead atoms. The summed E-state index contributed by atoms with van der Waals surface area (Å²) in [6, 6.07) is 0. The van der Waals surface area contributed by atoms with Crippen LogP contribution in [0.2, 0.25) is 0 Å². The van der Waals surface area contributed by atoms with Crippen molar-refractivity contribution < 1.29 is 22.4 Å². The van der Waals surface area contributed by atoms with Crippen molar-refractivity contribution >= 4 is 54.5 Å². The zero-order chi connectivity index (χ0) is 0. The third-order valence-corrected chi connectivity index (χ3v) is 0. The minimum atomic E-state index is 0. The molecular formula is H9AgGaGeSe. The van der Waals surface area contributed by atoms with Gasteiger partial charge in [0, 0.05) is 22.4 Å². The van der Waals surface area contributed by atoms with E-state index in [4.69, 9.17) is 0 Å². The topological polar surface area (TPSA) is 0 Å². The Labute approximate surface area is 75.9 Å². The monoisotopic (exact) mass is 339 g/mol. The van der Waals surface area contributed by atoms with Gasteiger partial charge < -0.3 is 0 Å². The van der Waals surface area contributed by atoms with E-state index in [2.05, 4.69) is 0 Å². The molecule has 0 saturated carbocycles. The van der Waals surface area contributed by atoms with Gasteiger partial charge in [-0.3, -0.25) is 0 Å². The molecule has 4 heavy (non-hydrogen) atoms. The summed E-state index contributed by atoms with van der Waals surface area (Å²) in [6.07, 6.45) is 0. The predicted octanol–water partition coefficient (Wildman–Crippen LogP) is -3.55. The van der Waals surface area contributed by atoms with Crippen molar-refractivity contribution in [2.45, 2.75) is 0 Å². The van der Waals surface area contributed by atoms with Crippen LogP contribution in [-0.2, 0) is 22.4 Å². The van der Waals surface area contributed by atoms with E-state index >= 15 is 0 Å². The molecule has 0 aromatic carbocycles. The molecule has 0 aromatic rings. The maximum atomic E-state index is 0. The molecular weight excluding hydrogens is 329 g/mol. The van der Waals surface area contributed by atoms with Crippen LogP contribution in [0.25, 0.3) is 0 Å². The fraction of sp³-hybridized carbons (Fsp3) is 0. The van der Waals surface area contributed by atoms with E-state index in [1.165, 1.54) is 0 Å². The van der Waals surface area contributed by atoms with Crippen molar-refractivity contribution in [3.05, 3.63) is 0 Å². The molecule has 0 N–H and O–H groups in total. The zero-order valence-electron chi connectivity index (χ0n) is 0.802. The van der Waals surface area contributed by atoms with Crippen LogP contribution in [0.5, 0.6) is 0 Å². The second-order valence-electron chi connectivity index (χ2n) is 0. The van der Waals surface area contributed by atoms with Crippen molar-refractivity contribution in [2.24, 2.45) is 0 Å². The van der Waals surface area contributed by atoms with E-state index in [1.54, 1.807) is 0 Å². The van der Waals surface area contributed by atoms with Crippen LogP contribution in [-0.4, -0.2) is 54.5 Å². The molecule has 0 heterocycles. The Hall–Kier alpha value is 2.44. The summed E-state index contributed by atoms with van der Waals surface area (Å²) in [6.45, 7) is 0. The van der Waals surface area contributed by atoms with E-state index in [-0.39, 0.29) is 76.8 Å². The average molecular weight is 338 g/mol. The maximum absolute atomic E-state index is 0. The van der Waals surface area contributed by atoms with Crippen LogP contribution in [0.15, 0.2) is 0 Å². The standard InChI is InChI=1S/Ag.Ga.GeH4.H2Se.3H/h;;1H4;1H2;;;. The first-order valence-electron chi connectivity index (χ1n) is 0. The van der Waals surface area contributed by atoms with E-state index in [9.17, 15) is 0 Å². The van der Waals surface area contributed by atoms with Gasteiger partial charge in [0.25, 0.3) is 0 Å². The van der Waals surface area contributed by atoms with Gasteiger partial charge in [-0.2, -0.15) is 0 Å². The number of rotatable bonds is 0.